The van der Waals surface area contributed by atoms with Gasteiger partial charge in [0.2, 0.25) is 5.91 Å². The number of amides is 1. The van der Waals surface area contributed by atoms with E-state index in [-0.39, 0.29) is 0 Å². The summed E-state index contributed by atoms with van der Waals surface area (Å²) in [5.41, 5.74) is 0. The molecule has 3 nitrogen and oxygen atoms in total. The zero-order valence-electron chi connectivity index (χ0n) is 9.24. The van der Waals surface area contributed by atoms with Crippen molar-refractivity contribution in [1.29, 1.82) is 0 Å². The number of piperidine rings is 1. The summed E-state index contributed by atoms with van der Waals surface area (Å²) in [4.78, 5) is 13.8. The quantitative estimate of drug-likeness (QED) is 0.702. The van der Waals surface area contributed by atoms with Gasteiger partial charge in [-0.25, -0.2) is 0 Å². The molecule has 0 aromatic carbocycles. The Morgan fingerprint density at radius 1 is 1.47 bits per heavy atom. The van der Waals surface area contributed by atoms with Gasteiger partial charge in [-0.1, -0.05) is 6.08 Å². The van der Waals surface area contributed by atoms with Crippen LogP contribution >= 0.6 is 0 Å². The lowest BCUT2D eigenvalue weighted by atomic mass is 9.88. The van der Waals surface area contributed by atoms with Crippen molar-refractivity contribution in [3.8, 4) is 0 Å². The second-order valence-corrected chi connectivity index (χ2v) is 4.63. The molecule has 0 aromatic rings. The number of carbonyl (C=O) groups is 1. The molecular weight excluding hydrogens is 188 g/mol. The van der Waals surface area contributed by atoms with Gasteiger partial charge >= 0.3 is 0 Å². The van der Waals surface area contributed by atoms with E-state index < -0.39 is 0 Å². The van der Waals surface area contributed by atoms with Gasteiger partial charge in [-0.15, -0.1) is 6.58 Å². The first-order chi connectivity index (χ1) is 7.31. The first-order valence-corrected chi connectivity index (χ1v) is 5.90. The van der Waals surface area contributed by atoms with E-state index in [0.717, 1.165) is 38.5 Å². The monoisotopic (exact) mass is 208 g/mol. The SMILES string of the molecule is C=CCCC(=O)N1CCC2CNCC2C1. The number of rotatable bonds is 3. The second-order valence-electron chi connectivity index (χ2n) is 4.63. The summed E-state index contributed by atoms with van der Waals surface area (Å²) in [5.74, 6) is 1.82. The lowest BCUT2D eigenvalue weighted by Gasteiger charge is -2.34. The fraction of sp³-hybridized carbons (Fsp3) is 0.750. The van der Waals surface area contributed by atoms with Crippen LogP contribution in [0.4, 0.5) is 0 Å². The average Bonchev–Trinajstić information content (AvgIpc) is 2.72. The molecule has 2 aliphatic rings. The molecule has 0 radical (unpaired) electrons. The van der Waals surface area contributed by atoms with Gasteiger partial charge in [0.25, 0.3) is 0 Å². The highest BCUT2D eigenvalue weighted by atomic mass is 16.2. The van der Waals surface area contributed by atoms with Gasteiger partial charge in [-0.05, 0) is 37.8 Å². The average molecular weight is 208 g/mol. The number of nitrogens with zero attached hydrogens (tertiary/aromatic N) is 1. The van der Waals surface area contributed by atoms with Gasteiger partial charge in [-0.3, -0.25) is 4.79 Å². The van der Waals surface area contributed by atoms with E-state index in [0.29, 0.717) is 18.2 Å². The van der Waals surface area contributed by atoms with Crippen molar-refractivity contribution in [1.82, 2.24) is 10.2 Å². The van der Waals surface area contributed by atoms with Crippen molar-refractivity contribution in [3.05, 3.63) is 12.7 Å². The van der Waals surface area contributed by atoms with E-state index in [9.17, 15) is 4.79 Å². The predicted molar refractivity (Wildman–Crippen MR) is 60.5 cm³/mol. The maximum atomic E-state index is 11.8. The van der Waals surface area contributed by atoms with E-state index in [2.05, 4.69) is 11.9 Å². The molecule has 0 spiro atoms. The van der Waals surface area contributed by atoms with Gasteiger partial charge in [0.05, 0.1) is 0 Å². The van der Waals surface area contributed by atoms with Crippen LogP contribution in [-0.2, 0) is 4.79 Å². The van der Waals surface area contributed by atoms with Gasteiger partial charge in [0.1, 0.15) is 0 Å². The van der Waals surface area contributed by atoms with Gasteiger partial charge in [-0.2, -0.15) is 0 Å². The van der Waals surface area contributed by atoms with Crippen LogP contribution in [0.25, 0.3) is 0 Å². The third kappa shape index (κ3) is 2.40. The third-order valence-corrected chi connectivity index (χ3v) is 3.62. The molecule has 0 bridgehead atoms. The van der Waals surface area contributed by atoms with E-state index >= 15 is 0 Å². The van der Waals surface area contributed by atoms with E-state index in [1.807, 2.05) is 11.0 Å². The third-order valence-electron chi connectivity index (χ3n) is 3.62. The molecule has 1 N–H and O–H groups in total. The Hall–Kier alpha value is -0.830. The molecule has 0 aliphatic carbocycles. The summed E-state index contributed by atoms with van der Waals surface area (Å²) in [6.07, 6.45) is 4.44. The minimum Gasteiger partial charge on any atom is -0.342 e. The molecule has 0 aromatic heterocycles. The molecule has 2 rings (SSSR count). The number of likely N-dealkylation sites (tertiary alicyclic amines) is 1. The summed E-state index contributed by atoms with van der Waals surface area (Å²) in [6, 6.07) is 0. The Bertz CT molecular complexity index is 252. The molecule has 84 valence electrons. The molecule has 15 heavy (non-hydrogen) atoms. The smallest absolute Gasteiger partial charge is 0.222 e. The van der Waals surface area contributed by atoms with Gasteiger partial charge < -0.3 is 10.2 Å². The topological polar surface area (TPSA) is 32.3 Å². The lowest BCUT2D eigenvalue weighted by Crippen LogP contribution is -2.43. The van der Waals surface area contributed by atoms with Crippen LogP contribution in [0.3, 0.4) is 0 Å². The Labute approximate surface area is 91.5 Å². The van der Waals surface area contributed by atoms with Crippen LogP contribution in [0.1, 0.15) is 19.3 Å². The molecule has 2 aliphatic heterocycles. The maximum Gasteiger partial charge on any atom is 0.222 e. The molecule has 2 heterocycles. The van der Waals surface area contributed by atoms with Crippen molar-refractivity contribution in [3.63, 3.8) is 0 Å². The first-order valence-electron chi connectivity index (χ1n) is 5.90. The largest absolute Gasteiger partial charge is 0.342 e. The molecule has 2 fully saturated rings. The molecule has 2 atom stereocenters. The minimum atomic E-state index is 0.306. The fourth-order valence-corrected chi connectivity index (χ4v) is 2.65. The zero-order chi connectivity index (χ0) is 10.7. The summed E-state index contributed by atoms with van der Waals surface area (Å²) in [6.45, 7) is 7.82. The number of hydrogen-bond acceptors (Lipinski definition) is 2. The molecule has 2 saturated heterocycles. The number of allylic oxidation sites excluding steroid dienone is 1. The number of nitrogens with one attached hydrogen (secondary N) is 1. The first kappa shape index (κ1) is 10.7. The standard InChI is InChI=1S/C12H20N2O/c1-2-3-4-12(15)14-6-5-10-7-13-8-11(10)9-14/h2,10-11,13H,1,3-9H2. The van der Waals surface area contributed by atoms with Crippen molar-refractivity contribution < 1.29 is 4.79 Å². The second kappa shape index (κ2) is 4.79. The van der Waals surface area contributed by atoms with Gasteiger partial charge in [0, 0.05) is 19.5 Å². The van der Waals surface area contributed by atoms with Crippen molar-refractivity contribution in [2.45, 2.75) is 19.3 Å². The maximum absolute atomic E-state index is 11.8. The highest BCUT2D eigenvalue weighted by Gasteiger charge is 2.33. The van der Waals surface area contributed by atoms with E-state index in [1.54, 1.807) is 0 Å². The summed E-state index contributed by atoms with van der Waals surface area (Å²) in [7, 11) is 0. The van der Waals surface area contributed by atoms with Crippen LogP contribution in [0, 0.1) is 11.8 Å². The highest BCUT2D eigenvalue weighted by molar-refractivity contribution is 5.76. The molecule has 0 saturated carbocycles. The Morgan fingerprint density at radius 2 is 2.27 bits per heavy atom. The molecule has 2 unspecified atom stereocenters. The number of fused-ring (bicyclic) bond motifs is 1. The van der Waals surface area contributed by atoms with E-state index in [1.165, 1.54) is 6.42 Å². The van der Waals surface area contributed by atoms with Crippen LogP contribution < -0.4 is 5.32 Å². The lowest BCUT2D eigenvalue weighted by molar-refractivity contribution is -0.133. The van der Waals surface area contributed by atoms with Crippen LogP contribution in [0.5, 0.6) is 0 Å². The fourth-order valence-electron chi connectivity index (χ4n) is 2.65. The van der Waals surface area contributed by atoms with Crippen molar-refractivity contribution >= 4 is 5.91 Å². The summed E-state index contributed by atoms with van der Waals surface area (Å²) >= 11 is 0. The molecule has 3 heteroatoms. The normalized spacial score (nSPS) is 30.0. The van der Waals surface area contributed by atoms with Crippen LogP contribution in [-0.4, -0.2) is 37.0 Å². The number of hydrogen-bond donors (Lipinski definition) is 1. The van der Waals surface area contributed by atoms with Gasteiger partial charge in [0.15, 0.2) is 0 Å². The Kier molecular flexibility index (Phi) is 3.41. The Morgan fingerprint density at radius 3 is 3.07 bits per heavy atom. The highest BCUT2D eigenvalue weighted by Crippen LogP contribution is 2.26. The summed E-state index contributed by atoms with van der Waals surface area (Å²) in [5, 5.41) is 3.41. The molecular formula is C12H20N2O. The predicted octanol–water partition coefficient (Wildman–Crippen LogP) is 1.02. The van der Waals surface area contributed by atoms with Crippen LogP contribution in [0.2, 0.25) is 0 Å². The Balaban J connectivity index is 1.84. The van der Waals surface area contributed by atoms with Crippen molar-refractivity contribution in [2.75, 3.05) is 26.2 Å². The minimum absolute atomic E-state index is 0.306. The zero-order valence-corrected chi connectivity index (χ0v) is 9.24. The molecule has 1 amide bonds. The van der Waals surface area contributed by atoms with Crippen LogP contribution in [0.15, 0.2) is 12.7 Å². The summed E-state index contributed by atoms with van der Waals surface area (Å²) < 4.78 is 0. The van der Waals surface area contributed by atoms with Crippen molar-refractivity contribution in [2.24, 2.45) is 11.8 Å². The number of carbonyl (C=O) groups excluding carboxylic acids is 1. The van der Waals surface area contributed by atoms with E-state index in [4.69, 9.17) is 0 Å².